The maximum absolute atomic E-state index is 13.1. The van der Waals surface area contributed by atoms with E-state index in [1.165, 1.54) is 42.9 Å². The van der Waals surface area contributed by atoms with Crippen molar-refractivity contribution in [1.82, 2.24) is 19.6 Å². The van der Waals surface area contributed by atoms with Crippen LogP contribution in [-0.2, 0) is 19.5 Å². The molecule has 0 radical (unpaired) electrons. The van der Waals surface area contributed by atoms with E-state index < -0.39 is 0 Å². The fraction of sp³-hybridized carbons (Fsp3) is 0.545. The maximum atomic E-state index is 13.1. The standard InChI is InChI=1S/C22H30N4O/c1-16(2)26-21-15-25(22(27)18-9-5-4-8-17(18)3)13-10-19(21)20(23-26)14-24-11-6-7-12-24/h4-5,8-9,16H,6-7,10-15H2,1-3H3. The minimum atomic E-state index is 0.136. The minimum absolute atomic E-state index is 0.136. The first-order valence-electron chi connectivity index (χ1n) is 10.2. The number of carbonyl (C=O) groups is 1. The van der Waals surface area contributed by atoms with Crippen molar-refractivity contribution in [3.63, 3.8) is 0 Å². The van der Waals surface area contributed by atoms with Gasteiger partial charge in [-0.1, -0.05) is 18.2 Å². The van der Waals surface area contributed by atoms with Crippen LogP contribution >= 0.6 is 0 Å². The monoisotopic (exact) mass is 366 g/mol. The number of amides is 1. The van der Waals surface area contributed by atoms with Gasteiger partial charge >= 0.3 is 0 Å². The van der Waals surface area contributed by atoms with Crippen LogP contribution in [0.3, 0.4) is 0 Å². The molecule has 4 rings (SSSR count). The highest BCUT2D eigenvalue weighted by Gasteiger charge is 2.29. The van der Waals surface area contributed by atoms with Crippen molar-refractivity contribution in [1.29, 1.82) is 0 Å². The predicted molar refractivity (Wildman–Crippen MR) is 107 cm³/mol. The van der Waals surface area contributed by atoms with E-state index in [0.717, 1.165) is 30.6 Å². The molecule has 0 unspecified atom stereocenters. The molecular weight excluding hydrogens is 336 g/mol. The molecule has 5 heteroatoms. The number of nitrogens with zero attached hydrogens (tertiary/aromatic N) is 4. The van der Waals surface area contributed by atoms with E-state index in [1.54, 1.807) is 0 Å². The van der Waals surface area contributed by atoms with Gasteiger partial charge in [0, 0.05) is 30.3 Å². The molecule has 2 aromatic rings. The summed E-state index contributed by atoms with van der Waals surface area (Å²) in [4.78, 5) is 17.6. The highest BCUT2D eigenvalue weighted by atomic mass is 16.2. The van der Waals surface area contributed by atoms with E-state index >= 15 is 0 Å². The topological polar surface area (TPSA) is 41.4 Å². The zero-order valence-electron chi connectivity index (χ0n) is 16.7. The second-order valence-corrected chi connectivity index (χ2v) is 8.19. The molecule has 5 nitrogen and oxygen atoms in total. The average Bonchev–Trinajstić information content (AvgIpc) is 3.30. The molecule has 1 aromatic heterocycles. The molecule has 0 saturated carbocycles. The summed E-state index contributed by atoms with van der Waals surface area (Å²) in [5.41, 5.74) is 5.69. The molecule has 1 saturated heterocycles. The van der Waals surface area contributed by atoms with Crippen LogP contribution in [0.1, 0.15) is 65.6 Å². The molecule has 0 N–H and O–H groups in total. The van der Waals surface area contributed by atoms with Crippen molar-refractivity contribution >= 4 is 5.91 Å². The first-order valence-corrected chi connectivity index (χ1v) is 10.2. The zero-order valence-corrected chi connectivity index (χ0v) is 16.7. The van der Waals surface area contributed by atoms with Crippen LogP contribution in [0.2, 0.25) is 0 Å². The number of carbonyl (C=O) groups excluding carboxylic acids is 1. The van der Waals surface area contributed by atoms with Crippen LogP contribution in [0.5, 0.6) is 0 Å². The smallest absolute Gasteiger partial charge is 0.254 e. The number of fused-ring (bicyclic) bond motifs is 1. The number of rotatable bonds is 4. The van der Waals surface area contributed by atoms with E-state index in [1.807, 2.05) is 36.1 Å². The second-order valence-electron chi connectivity index (χ2n) is 8.19. The van der Waals surface area contributed by atoms with Crippen LogP contribution in [-0.4, -0.2) is 45.1 Å². The van der Waals surface area contributed by atoms with E-state index in [-0.39, 0.29) is 5.91 Å². The summed E-state index contributed by atoms with van der Waals surface area (Å²) in [5, 5.41) is 4.98. The highest BCUT2D eigenvalue weighted by Crippen LogP contribution is 2.28. The molecule has 1 aromatic carbocycles. The molecule has 27 heavy (non-hydrogen) atoms. The molecule has 1 amide bonds. The summed E-state index contributed by atoms with van der Waals surface area (Å²) < 4.78 is 2.15. The lowest BCUT2D eigenvalue weighted by Gasteiger charge is -2.29. The molecule has 0 spiro atoms. The summed E-state index contributed by atoms with van der Waals surface area (Å²) in [6.07, 6.45) is 3.50. The predicted octanol–water partition coefficient (Wildman–Crippen LogP) is 3.57. The van der Waals surface area contributed by atoms with E-state index in [4.69, 9.17) is 5.10 Å². The Morgan fingerprint density at radius 2 is 1.89 bits per heavy atom. The van der Waals surface area contributed by atoms with Crippen molar-refractivity contribution < 1.29 is 4.79 Å². The number of likely N-dealkylation sites (tertiary alicyclic amines) is 1. The van der Waals surface area contributed by atoms with Crippen LogP contribution in [0.25, 0.3) is 0 Å². The zero-order chi connectivity index (χ0) is 19.0. The van der Waals surface area contributed by atoms with Crippen molar-refractivity contribution in [2.45, 2.75) is 59.2 Å². The second kappa shape index (κ2) is 7.47. The lowest BCUT2D eigenvalue weighted by molar-refractivity contribution is 0.0728. The number of hydrogen-bond donors (Lipinski definition) is 0. The number of benzene rings is 1. The van der Waals surface area contributed by atoms with Gasteiger partial charge in [-0.15, -0.1) is 0 Å². The fourth-order valence-corrected chi connectivity index (χ4v) is 4.38. The molecule has 0 atom stereocenters. The van der Waals surface area contributed by atoms with Gasteiger partial charge in [-0.05, 0) is 64.8 Å². The van der Waals surface area contributed by atoms with Gasteiger partial charge in [-0.2, -0.15) is 5.10 Å². The van der Waals surface area contributed by atoms with Gasteiger partial charge < -0.3 is 4.90 Å². The normalized spacial score (nSPS) is 17.6. The Morgan fingerprint density at radius 3 is 2.59 bits per heavy atom. The van der Waals surface area contributed by atoms with Gasteiger partial charge in [0.2, 0.25) is 0 Å². The van der Waals surface area contributed by atoms with Gasteiger partial charge in [0.05, 0.1) is 17.9 Å². The average molecular weight is 367 g/mol. The summed E-state index contributed by atoms with van der Waals surface area (Å²) >= 11 is 0. The summed E-state index contributed by atoms with van der Waals surface area (Å²) in [5.74, 6) is 0.136. The van der Waals surface area contributed by atoms with Crippen molar-refractivity contribution in [2.75, 3.05) is 19.6 Å². The molecular formula is C22H30N4O. The Labute approximate surface area is 162 Å². The Morgan fingerprint density at radius 1 is 1.15 bits per heavy atom. The van der Waals surface area contributed by atoms with Crippen molar-refractivity contribution in [2.24, 2.45) is 0 Å². The quantitative estimate of drug-likeness (QED) is 0.831. The van der Waals surface area contributed by atoms with Gasteiger partial charge in [-0.3, -0.25) is 14.4 Å². The number of hydrogen-bond acceptors (Lipinski definition) is 3. The first-order chi connectivity index (χ1) is 13.0. The maximum Gasteiger partial charge on any atom is 0.254 e. The highest BCUT2D eigenvalue weighted by molar-refractivity contribution is 5.95. The molecule has 0 bridgehead atoms. The third-order valence-corrected chi connectivity index (χ3v) is 5.90. The third kappa shape index (κ3) is 3.53. The Bertz CT molecular complexity index is 833. The van der Waals surface area contributed by atoms with E-state index in [0.29, 0.717) is 12.6 Å². The minimum Gasteiger partial charge on any atom is -0.332 e. The molecule has 1 fully saturated rings. The SMILES string of the molecule is Cc1ccccc1C(=O)N1CCc2c(CN3CCCC3)nn(C(C)C)c2C1. The molecule has 3 heterocycles. The molecule has 2 aliphatic heterocycles. The lowest BCUT2D eigenvalue weighted by Crippen LogP contribution is -2.37. The summed E-state index contributed by atoms with van der Waals surface area (Å²) in [7, 11) is 0. The summed E-state index contributed by atoms with van der Waals surface area (Å²) in [6, 6.07) is 8.18. The van der Waals surface area contributed by atoms with E-state index in [9.17, 15) is 4.79 Å². The van der Waals surface area contributed by atoms with Crippen LogP contribution in [0, 0.1) is 6.92 Å². The molecule has 2 aliphatic rings. The van der Waals surface area contributed by atoms with Crippen LogP contribution in [0.15, 0.2) is 24.3 Å². The molecule has 0 aliphatic carbocycles. The van der Waals surface area contributed by atoms with Crippen molar-refractivity contribution in [3.05, 3.63) is 52.3 Å². The third-order valence-electron chi connectivity index (χ3n) is 5.90. The lowest BCUT2D eigenvalue weighted by atomic mass is 10.0. The Balaban J connectivity index is 1.60. The van der Waals surface area contributed by atoms with E-state index in [2.05, 4.69) is 23.4 Å². The van der Waals surface area contributed by atoms with Crippen molar-refractivity contribution in [3.8, 4) is 0 Å². The largest absolute Gasteiger partial charge is 0.332 e. The summed E-state index contributed by atoms with van der Waals surface area (Å²) in [6.45, 7) is 11.1. The first kappa shape index (κ1) is 18.2. The van der Waals surface area contributed by atoms with Gasteiger partial charge in [0.25, 0.3) is 5.91 Å². The fourth-order valence-electron chi connectivity index (χ4n) is 4.38. The Hall–Kier alpha value is -2.14. The number of aromatic nitrogens is 2. The molecule has 144 valence electrons. The number of aryl methyl sites for hydroxylation is 1. The van der Waals surface area contributed by atoms with Gasteiger partial charge in [-0.25, -0.2) is 0 Å². The van der Waals surface area contributed by atoms with Crippen LogP contribution in [0.4, 0.5) is 0 Å². The van der Waals surface area contributed by atoms with Gasteiger partial charge in [0.15, 0.2) is 0 Å². The van der Waals surface area contributed by atoms with Gasteiger partial charge in [0.1, 0.15) is 0 Å². The Kier molecular flexibility index (Phi) is 5.04. The van der Waals surface area contributed by atoms with Crippen LogP contribution < -0.4 is 0 Å².